The molecule has 0 atom stereocenters. The first-order valence-electron chi connectivity index (χ1n) is 6.30. The van der Waals surface area contributed by atoms with Gasteiger partial charge in [0.25, 0.3) is 0 Å². The van der Waals surface area contributed by atoms with Crippen LogP contribution in [0, 0.1) is 10.1 Å². The third-order valence-corrected chi connectivity index (χ3v) is 4.60. The number of hydrogen-bond acceptors (Lipinski definition) is 6. The van der Waals surface area contributed by atoms with Gasteiger partial charge >= 0.3 is 5.69 Å². The lowest BCUT2D eigenvalue weighted by atomic mass is 9.95. The Morgan fingerprint density at radius 2 is 2.11 bits per heavy atom. The lowest BCUT2D eigenvalue weighted by Gasteiger charge is -2.28. The monoisotopic (exact) mass is 282 g/mol. The molecule has 0 amide bonds. The van der Waals surface area contributed by atoms with Crippen molar-refractivity contribution in [1.29, 1.82) is 0 Å². The summed E-state index contributed by atoms with van der Waals surface area (Å²) in [5.41, 5.74) is 5.43. The average molecular weight is 282 g/mol. The molecule has 1 aliphatic rings. The quantitative estimate of drug-likeness (QED) is 0.651. The van der Waals surface area contributed by atoms with Gasteiger partial charge in [0.2, 0.25) is 5.82 Å². The number of hydrogen-bond donors (Lipinski definition) is 2. The molecule has 0 spiro atoms. The van der Waals surface area contributed by atoms with Crippen LogP contribution in [-0.4, -0.2) is 27.5 Å². The predicted octanol–water partition coefficient (Wildman–Crippen LogP) is 2.66. The Morgan fingerprint density at radius 3 is 2.63 bits per heavy atom. The molecule has 0 bridgehead atoms. The first kappa shape index (κ1) is 13.9. The summed E-state index contributed by atoms with van der Waals surface area (Å²) >= 11 is 1.92. The van der Waals surface area contributed by atoms with Crippen molar-refractivity contribution in [2.45, 2.75) is 37.0 Å². The lowest BCUT2D eigenvalue weighted by Crippen LogP contribution is -2.27. The van der Waals surface area contributed by atoms with E-state index < -0.39 is 4.92 Å². The van der Waals surface area contributed by atoms with E-state index in [2.05, 4.69) is 16.6 Å². The van der Waals surface area contributed by atoms with Crippen LogP contribution in [0.15, 0.2) is 12.1 Å². The molecule has 1 fully saturated rings. The number of pyridine rings is 1. The molecule has 0 aliphatic heterocycles. The molecule has 19 heavy (non-hydrogen) atoms. The topological polar surface area (TPSA) is 94.1 Å². The first-order valence-corrected chi connectivity index (χ1v) is 7.59. The summed E-state index contributed by atoms with van der Waals surface area (Å²) in [5, 5.41) is 14.7. The van der Waals surface area contributed by atoms with Crippen LogP contribution in [-0.2, 0) is 0 Å². The Bertz CT molecular complexity index is 461. The van der Waals surface area contributed by atoms with Crippen molar-refractivity contribution >= 4 is 29.1 Å². The summed E-state index contributed by atoms with van der Waals surface area (Å²) in [6, 6.07) is 3.41. The van der Waals surface area contributed by atoms with Crippen LogP contribution < -0.4 is 11.1 Å². The molecule has 1 heterocycles. The second-order valence-electron chi connectivity index (χ2n) is 4.71. The summed E-state index contributed by atoms with van der Waals surface area (Å²) in [4.78, 5) is 14.2. The number of thioether (sulfide) groups is 1. The summed E-state index contributed by atoms with van der Waals surface area (Å²) in [6.45, 7) is 0. The third kappa shape index (κ3) is 3.50. The minimum atomic E-state index is -0.518. The lowest BCUT2D eigenvalue weighted by molar-refractivity contribution is -0.384. The number of nitro groups is 1. The van der Waals surface area contributed by atoms with E-state index in [0.29, 0.717) is 11.9 Å². The Balaban J connectivity index is 1.97. The predicted molar refractivity (Wildman–Crippen MR) is 78.5 cm³/mol. The zero-order valence-electron chi connectivity index (χ0n) is 10.8. The molecule has 0 radical (unpaired) electrons. The minimum absolute atomic E-state index is 0.0344. The zero-order chi connectivity index (χ0) is 13.8. The minimum Gasteiger partial charge on any atom is -0.378 e. The highest BCUT2D eigenvalue weighted by Crippen LogP contribution is 2.29. The van der Waals surface area contributed by atoms with E-state index in [1.54, 1.807) is 6.07 Å². The highest BCUT2D eigenvalue weighted by Gasteiger charge is 2.21. The second kappa shape index (κ2) is 6.10. The highest BCUT2D eigenvalue weighted by atomic mass is 32.2. The molecule has 1 aliphatic carbocycles. The molecule has 0 aromatic carbocycles. The Labute approximate surface area is 116 Å². The van der Waals surface area contributed by atoms with Crippen molar-refractivity contribution in [3.05, 3.63) is 22.2 Å². The molecule has 2 rings (SSSR count). The normalized spacial score (nSPS) is 23.0. The van der Waals surface area contributed by atoms with E-state index >= 15 is 0 Å². The van der Waals surface area contributed by atoms with Crippen molar-refractivity contribution in [2.24, 2.45) is 0 Å². The van der Waals surface area contributed by atoms with E-state index in [0.717, 1.165) is 18.1 Å². The van der Waals surface area contributed by atoms with Crippen molar-refractivity contribution in [1.82, 2.24) is 4.98 Å². The van der Waals surface area contributed by atoms with Gasteiger partial charge in [-0.2, -0.15) is 11.8 Å². The molecule has 3 N–H and O–H groups in total. The number of rotatable bonds is 4. The van der Waals surface area contributed by atoms with Gasteiger partial charge < -0.3 is 11.1 Å². The number of nitrogens with two attached hydrogens (primary N) is 1. The zero-order valence-corrected chi connectivity index (χ0v) is 11.7. The molecule has 104 valence electrons. The van der Waals surface area contributed by atoms with E-state index in [1.165, 1.54) is 18.9 Å². The fourth-order valence-corrected chi connectivity index (χ4v) is 3.10. The van der Waals surface area contributed by atoms with E-state index in [-0.39, 0.29) is 11.5 Å². The number of nitrogens with one attached hydrogen (secondary N) is 1. The SMILES string of the molecule is CSC1CCC(Nc2ccc([N+](=O)[O-])c(N)n2)CC1. The number of nitrogens with zero attached hydrogens (tertiary/aromatic N) is 2. The standard InChI is InChI=1S/C12H18N4O2S/c1-19-9-4-2-8(3-5-9)14-11-7-6-10(16(17)18)12(13)15-11/h6-9H,2-5H2,1H3,(H3,13,14,15). The van der Waals surface area contributed by atoms with Crippen LogP contribution in [0.25, 0.3) is 0 Å². The molecule has 7 heteroatoms. The Kier molecular flexibility index (Phi) is 4.47. The fraction of sp³-hybridized carbons (Fsp3) is 0.583. The van der Waals surface area contributed by atoms with Crippen LogP contribution >= 0.6 is 11.8 Å². The third-order valence-electron chi connectivity index (χ3n) is 3.46. The van der Waals surface area contributed by atoms with Gasteiger partial charge in [0.05, 0.1) is 4.92 Å². The Morgan fingerprint density at radius 1 is 1.42 bits per heavy atom. The smallest absolute Gasteiger partial charge is 0.311 e. The average Bonchev–Trinajstić information content (AvgIpc) is 2.39. The van der Waals surface area contributed by atoms with Gasteiger partial charge in [-0.25, -0.2) is 4.98 Å². The molecular weight excluding hydrogens is 264 g/mol. The van der Waals surface area contributed by atoms with Crippen LogP contribution in [0.3, 0.4) is 0 Å². The van der Waals surface area contributed by atoms with Crippen LogP contribution in [0.1, 0.15) is 25.7 Å². The van der Waals surface area contributed by atoms with Crippen molar-refractivity contribution in [2.75, 3.05) is 17.3 Å². The highest BCUT2D eigenvalue weighted by molar-refractivity contribution is 7.99. The van der Waals surface area contributed by atoms with Crippen molar-refractivity contribution in [3.63, 3.8) is 0 Å². The molecule has 6 nitrogen and oxygen atoms in total. The molecule has 1 saturated carbocycles. The van der Waals surface area contributed by atoms with Gasteiger partial charge in [-0.1, -0.05) is 0 Å². The second-order valence-corrected chi connectivity index (χ2v) is 5.85. The van der Waals surface area contributed by atoms with E-state index in [4.69, 9.17) is 5.73 Å². The maximum atomic E-state index is 10.7. The van der Waals surface area contributed by atoms with Gasteiger partial charge in [-0.05, 0) is 38.0 Å². The van der Waals surface area contributed by atoms with Gasteiger partial charge in [0, 0.05) is 17.4 Å². The summed E-state index contributed by atoms with van der Waals surface area (Å²) in [5.74, 6) is 0.587. The Hall–Kier alpha value is -1.50. The van der Waals surface area contributed by atoms with Crippen LogP contribution in [0.4, 0.5) is 17.3 Å². The van der Waals surface area contributed by atoms with E-state index in [9.17, 15) is 10.1 Å². The van der Waals surface area contributed by atoms with Crippen LogP contribution in [0.5, 0.6) is 0 Å². The number of anilines is 2. The summed E-state index contributed by atoms with van der Waals surface area (Å²) in [7, 11) is 0. The largest absolute Gasteiger partial charge is 0.378 e. The molecule has 1 aromatic heterocycles. The maximum absolute atomic E-state index is 10.7. The van der Waals surface area contributed by atoms with Gasteiger partial charge in [0.15, 0.2) is 0 Å². The van der Waals surface area contributed by atoms with Gasteiger partial charge in [0.1, 0.15) is 5.82 Å². The fourth-order valence-electron chi connectivity index (χ4n) is 2.35. The first-order chi connectivity index (χ1) is 9.10. The molecular formula is C12H18N4O2S. The molecule has 1 aromatic rings. The van der Waals surface area contributed by atoms with Crippen LogP contribution in [0.2, 0.25) is 0 Å². The number of aromatic nitrogens is 1. The molecule has 0 unspecified atom stereocenters. The van der Waals surface area contributed by atoms with Crippen molar-refractivity contribution in [3.8, 4) is 0 Å². The summed E-state index contributed by atoms with van der Waals surface area (Å²) < 4.78 is 0. The van der Waals surface area contributed by atoms with Crippen molar-refractivity contribution < 1.29 is 4.92 Å². The molecule has 0 saturated heterocycles. The maximum Gasteiger partial charge on any atom is 0.311 e. The van der Waals surface area contributed by atoms with E-state index in [1.807, 2.05) is 11.8 Å². The summed E-state index contributed by atoms with van der Waals surface area (Å²) in [6.07, 6.45) is 6.74. The number of nitrogen functional groups attached to an aromatic ring is 1. The van der Waals surface area contributed by atoms with Gasteiger partial charge in [-0.3, -0.25) is 10.1 Å². The van der Waals surface area contributed by atoms with Gasteiger partial charge in [-0.15, -0.1) is 0 Å².